The molecule has 0 bridgehead atoms. The Labute approximate surface area is 139 Å². The molecule has 23 heavy (non-hydrogen) atoms. The average molecular weight is 328 g/mol. The molecule has 0 aromatic carbocycles. The van der Waals surface area contributed by atoms with Gasteiger partial charge in [0, 0.05) is 26.2 Å². The monoisotopic (exact) mass is 328 g/mol. The minimum absolute atomic E-state index is 0.198. The molecule has 6 heteroatoms. The summed E-state index contributed by atoms with van der Waals surface area (Å²) >= 11 is 0. The van der Waals surface area contributed by atoms with Gasteiger partial charge in [0.2, 0.25) is 0 Å². The molecule has 1 aliphatic rings. The molecule has 1 saturated heterocycles. The van der Waals surface area contributed by atoms with Crippen LogP contribution in [-0.2, 0) is 14.3 Å². The van der Waals surface area contributed by atoms with Crippen LogP contribution < -0.4 is 0 Å². The Balaban J connectivity index is 2.75. The van der Waals surface area contributed by atoms with Crippen molar-refractivity contribution in [2.24, 2.45) is 5.92 Å². The Hall–Kier alpha value is -1.14. The number of rotatable bonds is 11. The molecule has 134 valence electrons. The summed E-state index contributed by atoms with van der Waals surface area (Å²) in [5.41, 5.74) is 0. The summed E-state index contributed by atoms with van der Waals surface area (Å²) in [4.78, 5) is 27.7. The lowest BCUT2D eigenvalue weighted by atomic mass is 10.1. The highest BCUT2D eigenvalue weighted by molar-refractivity contribution is 5.75. The number of aliphatic carboxylic acids is 1. The lowest BCUT2D eigenvalue weighted by molar-refractivity contribution is -0.153. The van der Waals surface area contributed by atoms with Crippen molar-refractivity contribution in [2.45, 2.75) is 59.0 Å². The Morgan fingerprint density at radius 2 is 1.83 bits per heavy atom. The molecular formula is C17H32N2O4. The van der Waals surface area contributed by atoms with Gasteiger partial charge in [-0.15, -0.1) is 0 Å². The maximum Gasteiger partial charge on any atom is 0.336 e. The third kappa shape index (κ3) is 6.11. The first kappa shape index (κ1) is 19.9. The molecule has 1 aliphatic heterocycles. The summed E-state index contributed by atoms with van der Waals surface area (Å²) in [5, 5.41) is 9.73. The highest BCUT2D eigenvalue weighted by Gasteiger charge is 2.38. The number of nitrogens with zero attached hydrogens (tertiary/aromatic N) is 2. The van der Waals surface area contributed by atoms with Crippen molar-refractivity contribution in [1.82, 2.24) is 9.80 Å². The molecule has 1 N–H and O–H groups in total. The van der Waals surface area contributed by atoms with Crippen molar-refractivity contribution < 1.29 is 19.4 Å². The molecule has 0 radical (unpaired) electrons. The normalized spacial score (nSPS) is 19.9. The van der Waals surface area contributed by atoms with Crippen LogP contribution in [0.25, 0.3) is 0 Å². The summed E-state index contributed by atoms with van der Waals surface area (Å²) in [7, 11) is 0. The van der Waals surface area contributed by atoms with E-state index in [1.165, 1.54) is 0 Å². The summed E-state index contributed by atoms with van der Waals surface area (Å²) in [6.45, 7) is 9.07. The number of hydrogen-bond acceptors (Lipinski definition) is 5. The van der Waals surface area contributed by atoms with Gasteiger partial charge in [0.05, 0.1) is 12.5 Å². The zero-order chi connectivity index (χ0) is 17.2. The number of hydrogen-bond donors (Lipinski definition) is 1. The molecule has 0 aliphatic carbocycles. The molecule has 0 spiro atoms. The minimum atomic E-state index is -0.818. The van der Waals surface area contributed by atoms with Gasteiger partial charge >= 0.3 is 11.9 Å². The van der Waals surface area contributed by atoms with Gasteiger partial charge in [-0.3, -0.25) is 14.6 Å². The van der Waals surface area contributed by atoms with Crippen molar-refractivity contribution in [3.63, 3.8) is 0 Å². The Morgan fingerprint density at radius 1 is 1.22 bits per heavy atom. The lowest BCUT2D eigenvalue weighted by Crippen LogP contribution is -2.53. The first-order chi connectivity index (χ1) is 11.0. The third-order valence-corrected chi connectivity index (χ3v) is 4.35. The van der Waals surface area contributed by atoms with Gasteiger partial charge in [0.15, 0.2) is 6.17 Å². The predicted molar refractivity (Wildman–Crippen MR) is 89.1 cm³/mol. The van der Waals surface area contributed by atoms with E-state index in [1.807, 2.05) is 4.90 Å². The van der Waals surface area contributed by atoms with Crippen molar-refractivity contribution >= 4 is 11.9 Å². The van der Waals surface area contributed by atoms with Gasteiger partial charge in [0.25, 0.3) is 0 Å². The van der Waals surface area contributed by atoms with Crippen LogP contribution in [0.15, 0.2) is 0 Å². The van der Waals surface area contributed by atoms with E-state index in [1.54, 1.807) is 6.92 Å². The highest BCUT2D eigenvalue weighted by Crippen LogP contribution is 2.22. The van der Waals surface area contributed by atoms with Gasteiger partial charge in [-0.25, -0.2) is 4.79 Å². The van der Waals surface area contributed by atoms with Crippen LogP contribution in [0.5, 0.6) is 0 Å². The lowest BCUT2D eigenvalue weighted by Gasteiger charge is -2.35. The van der Waals surface area contributed by atoms with E-state index in [0.29, 0.717) is 26.1 Å². The second-order valence-corrected chi connectivity index (χ2v) is 6.19. The summed E-state index contributed by atoms with van der Waals surface area (Å²) < 4.78 is 5.08. The van der Waals surface area contributed by atoms with E-state index in [4.69, 9.17) is 4.74 Å². The van der Waals surface area contributed by atoms with Crippen LogP contribution in [0, 0.1) is 5.92 Å². The number of carboxylic acids is 1. The van der Waals surface area contributed by atoms with Crippen LogP contribution in [0.3, 0.4) is 0 Å². The van der Waals surface area contributed by atoms with Crippen LogP contribution >= 0.6 is 0 Å². The molecule has 0 aromatic rings. The first-order valence-electron chi connectivity index (χ1n) is 8.92. The fourth-order valence-electron chi connectivity index (χ4n) is 3.08. The van der Waals surface area contributed by atoms with Crippen LogP contribution in [-0.4, -0.2) is 65.8 Å². The Bertz CT molecular complexity index is 368. The van der Waals surface area contributed by atoms with E-state index in [9.17, 15) is 14.7 Å². The van der Waals surface area contributed by atoms with Gasteiger partial charge in [-0.1, -0.05) is 26.7 Å². The molecule has 2 atom stereocenters. The standard InChI is InChI=1S/C17H32N2O4/c1-4-7-10-18(11-8-5-2)15(16(20)21)19-12-9-14(13-19)17(22)23-6-3/h14-15H,4-13H2,1-3H3,(H,20,21). The minimum Gasteiger partial charge on any atom is -0.479 e. The number of ether oxygens (including phenoxy) is 1. The molecule has 1 rings (SSSR count). The highest BCUT2D eigenvalue weighted by atomic mass is 16.5. The maximum atomic E-state index is 11.9. The second kappa shape index (κ2) is 10.6. The zero-order valence-electron chi connectivity index (χ0n) is 14.8. The van der Waals surface area contributed by atoms with Crippen molar-refractivity contribution in [3.8, 4) is 0 Å². The molecule has 0 aromatic heterocycles. The number of esters is 1. The molecule has 0 saturated carbocycles. The van der Waals surface area contributed by atoms with Crippen LogP contribution in [0.4, 0.5) is 0 Å². The SMILES string of the molecule is CCCCN(CCCC)C(C(=O)O)N1CCC(C(=O)OCC)C1. The topological polar surface area (TPSA) is 70.1 Å². The Morgan fingerprint density at radius 3 is 2.30 bits per heavy atom. The molecular weight excluding hydrogens is 296 g/mol. The fraction of sp³-hybridized carbons (Fsp3) is 0.882. The van der Waals surface area contributed by atoms with Gasteiger partial charge in [-0.05, 0) is 26.2 Å². The fourth-order valence-corrected chi connectivity index (χ4v) is 3.08. The van der Waals surface area contributed by atoms with E-state index >= 15 is 0 Å². The summed E-state index contributed by atoms with van der Waals surface area (Å²) in [5.74, 6) is -1.22. The third-order valence-electron chi connectivity index (χ3n) is 4.35. The maximum absolute atomic E-state index is 11.9. The first-order valence-corrected chi connectivity index (χ1v) is 8.92. The predicted octanol–water partition coefficient (Wildman–Crippen LogP) is 2.18. The van der Waals surface area contributed by atoms with E-state index in [0.717, 1.165) is 38.8 Å². The quantitative estimate of drug-likeness (QED) is 0.586. The smallest absolute Gasteiger partial charge is 0.336 e. The van der Waals surface area contributed by atoms with Crippen molar-refractivity contribution in [1.29, 1.82) is 0 Å². The van der Waals surface area contributed by atoms with Gasteiger partial charge < -0.3 is 9.84 Å². The Kier molecular flexibility index (Phi) is 9.17. The average Bonchev–Trinajstić information content (AvgIpc) is 2.99. The molecule has 1 fully saturated rings. The van der Waals surface area contributed by atoms with Gasteiger partial charge in [-0.2, -0.15) is 0 Å². The number of carbonyl (C=O) groups is 2. The molecule has 2 unspecified atom stereocenters. The van der Waals surface area contributed by atoms with E-state index < -0.39 is 12.1 Å². The van der Waals surface area contributed by atoms with Crippen LogP contribution in [0.2, 0.25) is 0 Å². The second-order valence-electron chi connectivity index (χ2n) is 6.19. The van der Waals surface area contributed by atoms with Crippen molar-refractivity contribution in [2.75, 3.05) is 32.8 Å². The zero-order valence-corrected chi connectivity index (χ0v) is 14.8. The van der Waals surface area contributed by atoms with E-state index in [-0.39, 0.29) is 11.9 Å². The molecule has 1 heterocycles. The van der Waals surface area contributed by atoms with Gasteiger partial charge in [0.1, 0.15) is 0 Å². The largest absolute Gasteiger partial charge is 0.479 e. The van der Waals surface area contributed by atoms with E-state index in [2.05, 4.69) is 18.7 Å². The number of carbonyl (C=O) groups excluding carboxylic acids is 1. The molecule has 0 amide bonds. The summed E-state index contributed by atoms with van der Waals surface area (Å²) in [6.07, 6.45) is 4.11. The number of likely N-dealkylation sites (tertiary alicyclic amines) is 1. The van der Waals surface area contributed by atoms with Crippen LogP contribution in [0.1, 0.15) is 52.9 Å². The number of unbranched alkanes of at least 4 members (excludes halogenated alkanes) is 2. The molecule has 6 nitrogen and oxygen atoms in total. The summed E-state index contributed by atoms with van der Waals surface area (Å²) in [6, 6.07) is 0. The van der Waals surface area contributed by atoms with Crippen molar-refractivity contribution in [3.05, 3.63) is 0 Å². The number of carboxylic acid groups (broad SMARTS) is 1.